The zero-order chi connectivity index (χ0) is 9.97. The Bertz CT molecular complexity index is 278. The van der Waals surface area contributed by atoms with Crippen molar-refractivity contribution in [2.24, 2.45) is 0 Å². The maximum atomic E-state index is 9.06. The van der Waals surface area contributed by atoms with Crippen molar-refractivity contribution < 1.29 is 9.84 Å². The SMILES string of the molecule is CC1CN(c2nccs2)CC(CO)O1. The van der Waals surface area contributed by atoms with Crippen LogP contribution in [0.3, 0.4) is 0 Å². The lowest BCUT2D eigenvalue weighted by molar-refractivity contribution is -0.0421. The number of rotatable bonds is 2. The van der Waals surface area contributed by atoms with Gasteiger partial charge in [0.2, 0.25) is 0 Å². The molecule has 0 saturated carbocycles. The lowest BCUT2D eigenvalue weighted by atomic mass is 10.2. The third-order valence-electron chi connectivity index (χ3n) is 2.22. The van der Waals surface area contributed by atoms with Crippen LogP contribution in [0.25, 0.3) is 0 Å². The molecule has 0 amide bonds. The van der Waals surface area contributed by atoms with E-state index < -0.39 is 0 Å². The normalized spacial score (nSPS) is 28.0. The van der Waals surface area contributed by atoms with Crippen LogP contribution in [-0.2, 0) is 4.74 Å². The molecule has 1 aliphatic rings. The van der Waals surface area contributed by atoms with Crippen molar-refractivity contribution in [1.29, 1.82) is 0 Å². The molecule has 2 rings (SSSR count). The van der Waals surface area contributed by atoms with Crippen LogP contribution in [0.15, 0.2) is 11.6 Å². The van der Waals surface area contributed by atoms with Gasteiger partial charge < -0.3 is 14.7 Å². The first kappa shape index (κ1) is 9.89. The maximum absolute atomic E-state index is 9.06. The summed E-state index contributed by atoms with van der Waals surface area (Å²) in [5.41, 5.74) is 0. The molecule has 0 bridgehead atoms. The van der Waals surface area contributed by atoms with Gasteiger partial charge in [0.1, 0.15) is 0 Å². The average molecular weight is 214 g/mol. The van der Waals surface area contributed by atoms with E-state index in [1.54, 1.807) is 17.5 Å². The summed E-state index contributed by atoms with van der Waals surface area (Å²) < 4.78 is 5.55. The van der Waals surface area contributed by atoms with Crippen molar-refractivity contribution in [1.82, 2.24) is 4.98 Å². The summed E-state index contributed by atoms with van der Waals surface area (Å²) in [6.07, 6.45) is 1.88. The van der Waals surface area contributed by atoms with Crippen LogP contribution in [-0.4, -0.2) is 42.0 Å². The summed E-state index contributed by atoms with van der Waals surface area (Å²) in [5, 5.41) is 12.0. The van der Waals surface area contributed by atoms with Gasteiger partial charge in [-0.1, -0.05) is 0 Å². The van der Waals surface area contributed by atoms with E-state index in [0.29, 0.717) is 0 Å². The second-order valence-corrected chi connectivity index (χ2v) is 4.34. The van der Waals surface area contributed by atoms with Crippen LogP contribution < -0.4 is 4.90 Å². The molecule has 2 unspecified atom stereocenters. The zero-order valence-corrected chi connectivity index (χ0v) is 8.91. The summed E-state index contributed by atoms with van der Waals surface area (Å²) in [6.45, 7) is 3.67. The molecule has 1 aliphatic heterocycles. The highest BCUT2D eigenvalue weighted by atomic mass is 32.1. The molecule has 1 aromatic rings. The Hall–Kier alpha value is -0.650. The lowest BCUT2D eigenvalue weighted by Gasteiger charge is -2.35. The molecule has 1 N–H and O–H groups in total. The zero-order valence-electron chi connectivity index (χ0n) is 8.09. The van der Waals surface area contributed by atoms with Gasteiger partial charge in [0.05, 0.1) is 18.8 Å². The standard InChI is InChI=1S/C9H14N2O2S/c1-7-4-11(5-8(6-12)13-7)9-10-2-3-14-9/h2-3,7-8,12H,4-6H2,1H3. The highest BCUT2D eigenvalue weighted by molar-refractivity contribution is 7.13. The number of aliphatic hydroxyl groups is 1. The number of aliphatic hydroxyl groups excluding tert-OH is 1. The molecule has 5 heteroatoms. The Morgan fingerprint density at radius 2 is 2.57 bits per heavy atom. The first-order chi connectivity index (χ1) is 6.79. The third-order valence-corrected chi connectivity index (χ3v) is 3.05. The molecule has 1 aromatic heterocycles. The lowest BCUT2D eigenvalue weighted by Crippen LogP contribution is -2.48. The van der Waals surface area contributed by atoms with Gasteiger partial charge in [-0.3, -0.25) is 0 Å². The fourth-order valence-electron chi connectivity index (χ4n) is 1.67. The van der Waals surface area contributed by atoms with Crippen LogP contribution in [0.4, 0.5) is 5.13 Å². The largest absolute Gasteiger partial charge is 0.394 e. The molecule has 0 radical (unpaired) electrons. The summed E-state index contributed by atoms with van der Waals surface area (Å²) in [4.78, 5) is 6.42. The molecular formula is C9H14N2O2S. The molecule has 2 atom stereocenters. The average Bonchev–Trinajstić information content (AvgIpc) is 2.69. The Morgan fingerprint density at radius 3 is 3.21 bits per heavy atom. The van der Waals surface area contributed by atoms with Crippen molar-refractivity contribution in [3.63, 3.8) is 0 Å². The maximum Gasteiger partial charge on any atom is 0.185 e. The molecular weight excluding hydrogens is 200 g/mol. The highest BCUT2D eigenvalue weighted by Crippen LogP contribution is 2.21. The predicted molar refractivity (Wildman–Crippen MR) is 55.7 cm³/mol. The topological polar surface area (TPSA) is 45.6 Å². The van der Waals surface area contributed by atoms with E-state index in [4.69, 9.17) is 9.84 Å². The number of hydrogen-bond donors (Lipinski definition) is 1. The molecule has 78 valence electrons. The number of hydrogen-bond acceptors (Lipinski definition) is 5. The molecule has 14 heavy (non-hydrogen) atoms. The number of nitrogens with zero attached hydrogens (tertiary/aromatic N) is 2. The van der Waals surface area contributed by atoms with E-state index in [1.807, 2.05) is 12.3 Å². The van der Waals surface area contributed by atoms with Crippen LogP contribution in [0, 0.1) is 0 Å². The predicted octanol–water partition coefficient (Wildman–Crippen LogP) is 0.729. The molecule has 1 saturated heterocycles. The minimum Gasteiger partial charge on any atom is -0.394 e. The van der Waals surface area contributed by atoms with Crippen molar-refractivity contribution in [3.05, 3.63) is 11.6 Å². The number of aromatic nitrogens is 1. The molecule has 1 fully saturated rings. The van der Waals surface area contributed by atoms with Gasteiger partial charge >= 0.3 is 0 Å². The summed E-state index contributed by atoms with van der Waals surface area (Å²) in [5.74, 6) is 0. The Morgan fingerprint density at radius 1 is 1.71 bits per heavy atom. The van der Waals surface area contributed by atoms with Gasteiger partial charge in [-0.05, 0) is 6.92 Å². The van der Waals surface area contributed by atoms with E-state index in [2.05, 4.69) is 9.88 Å². The molecule has 2 heterocycles. The first-order valence-corrected chi connectivity index (χ1v) is 5.58. The first-order valence-electron chi connectivity index (χ1n) is 4.70. The van der Waals surface area contributed by atoms with Crippen LogP contribution in [0.1, 0.15) is 6.92 Å². The molecule has 0 aromatic carbocycles. The second kappa shape index (κ2) is 4.25. The Labute approximate surface area is 87.1 Å². The monoisotopic (exact) mass is 214 g/mol. The van der Waals surface area contributed by atoms with E-state index in [1.165, 1.54) is 0 Å². The van der Waals surface area contributed by atoms with E-state index in [-0.39, 0.29) is 18.8 Å². The van der Waals surface area contributed by atoms with Crippen LogP contribution in [0.2, 0.25) is 0 Å². The quantitative estimate of drug-likeness (QED) is 0.788. The van der Waals surface area contributed by atoms with Crippen molar-refractivity contribution in [3.8, 4) is 0 Å². The fourth-order valence-corrected chi connectivity index (χ4v) is 2.34. The van der Waals surface area contributed by atoms with Crippen LogP contribution >= 0.6 is 11.3 Å². The van der Waals surface area contributed by atoms with Crippen molar-refractivity contribution in [2.45, 2.75) is 19.1 Å². The molecule has 0 aliphatic carbocycles. The number of ether oxygens (including phenoxy) is 1. The fraction of sp³-hybridized carbons (Fsp3) is 0.667. The summed E-state index contributed by atoms with van der Waals surface area (Å²) in [6, 6.07) is 0. The van der Waals surface area contributed by atoms with Gasteiger partial charge in [-0.2, -0.15) is 0 Å². The molecule has 4 nitrogen and oxygen atoms in total. The van der Waals surface area contributed by atoms with E-state index in [0.717, 1.165) is 18.2 Å². The number of morpholine rings is 1. The van der Waals surface area contributed by atoms with Crippen LogP contribution in [0.5, 0.6) is 0 Å². The smallest absolute Gasteiger partial charge is 0.185 e. The third kappa shape index (κ3) is 2.05. The number of thiazole rings is 1. The van der Waals surface area contributed by atoms with E-state index >= 15 is 0 Å². The van der Waals surface area contributed by atoms with E-state index in [9.17, 15) is 0 Å². The highest BCUT2D eigenvalue weighted by Gasteiger charge is 2.25. The van der Waals surface area contributed by atoms with Gasteiger partial charge in [0.25, 0.3) is 0 Å². The summed E-state index contributed by atoms with van der Waals surface area (Å²) in [7, 11) is 0. The van der Waals surface area contributed by atoms with Gasteiger partial charge in [0, 0.05) is 24.7 Å². The van der Waals surface area contributed by atoms with Gasteiger partial charge in [-0.25, -0.2) is 4.98 Å². The minimum atomic E-state index is -0.0809. The van der Waals surface area contributed by atoms with Crippen molar-refractivity contribution >= 4 is 16.5 Å². The second-order valence-electron chi connectivity index (χ2n) is 3.47. The number of anilines is 1. The van der Waals surface area contributed by atoms with Gasteiger partial charge in [-0.15, -0.1) is 11.3 Å². The Balaban J connectivity index is 2.05. The molecule has 0 spiro atoms. The Kier molecular flexibility index (Phi) is 3.00. The van der Waals surface area contributed by atoms with Gasteiger partial charge in [0.15, 0.2) is 5.13 Å². The summed E-state index contributed by atoms with van der Waals surface area (Å²) >= 11 is 1.62. The van der Waals surface area contributed by atoms with Crippen molar-refractivity contribution in [2.75, 3.05) is 24.6 Å². The minimum absolute atomic E-state index is 0.0756.